The van der Waals surface area contributed by atoms with Crippen molar-refractivity contribution < 1.29 is 0 Å². The molecule has 0 N–H and O–H groups in total. The van der Waals surface area contributed by atoms with Crippen LogP contribution in [0, 0.1) is 0 Å². The molecule has 4 aromatic carbocycles. The Hall–Kier alpha value is -4.46. The Balaban J connectivity index is 1.36. The molecule has 1 atom stereocenters. The van der Waals surface area contributed by atoms with Gasteiger partial charge < -0.3 is 0 Å². The van der Waals surface area contributed by atoms with Gasteiger partial charge in [-0.05, 0) is 109 Å². The zero-order valence-corrected chi connectivity index (χ0v) is 24.7. The molecule has 0 saturated carbocycles. The molecular weight excluding hydrogens is 525 g/mol. The third-order valence-electron chi connectivity index (χ3n) is 9.14. The molecule has 1 heterocycles. The van der Waals surface area contributed by atoms with E-state index in [0.717, 1.165) is 19.3 Å². The van der Waals surface area contributed by atoms with Gasteiger partial charge in [-0.2, -0.15) is 0 Å². The number of benzene rings is 4. The minimum Gasteiger partial charge on any atom is -0.136 e. The van der Waals surface area contributed by atoms with Crippen LogP contribution in [-0.2, 0) is 12.8 Å². The van der Waals surface area contributed by atoms with E-state index < -0.39 is 0 Å². The van der Waals surface area contributed by atoms with E-state index in [0.29, 0.717) is 5.92 Å². The van der Waals surface area contributed by atoms with Gasteiger partial charge in [0.05, 0.1) is 0 Å². The van der Waals surface area contributed by atoms with Crippen molar-refractivity contribution in [1.29, 1.82) is 0 Å². The lowest BCUT2D eigenvalue weighted by molar-refractivity contribution is 0.984. The molecule has 42 heavy (non-hydrogen) atoms. The molecule has 0 saturated heterocycles. The largest absolute Gasteiger partial charge is 0.136 e. The average Bonchev–Trinajstić information content (AvgIpc) is 3.74. The Bertz CT molecular complexity index is 2090. The number of hydrogen-bond acceptors (Lipinski definition) is 1. The highest BCUT2D eigenvalue weighted by Gasteiger charge is 2.27. The van der Waals surface area contributed by atoms with Crippen LogP contribution in [0.5, 0.6) is 0 Å². The standard InChI is InChI=1S/C41H32S/c1-3-4-5-6-12-27-20-22-35(30-14-8-7-13-29(27)30)41-33-16-10-9-15-31(33)40(32-17-11-18-34(32)41)28-21-24-37-36(25-28)39-26(2)19-23-38(39)42-37/h3-9,11-15,17,19-26H,1,10,16,18H2,2H3/b5-4-,12-6?. The topological polar surface area (TPSA) is 0 Å². The minimum absolute atomic E-state index is 0.481. The van der Waals surface area contributed by atoms with Gasteiger partial charge in [-0.15, -0.1) is 11.3 Å². The third-order valence-corrected chi connectivity index (χ3v) is 10.3. The smallest absolute Gasteiger partial charge is 0.0352 e. The molecule has 0 aliphatic heterocycles. The molecule has 202 valence electrons. The maximum Gasteiger partial charge on any atom is 0.0352 e. The fourth-order valence-electron chi connectivity index (χ4n) is 7.30. The Morgan fingerprint density at radius 2 is 1.67 bits per heavy atom. The van der Waals surface area contributed by atoms with Gasteiger partial charge in [0.25, 0.3) is 0 Å². The van der Waals surface area contributed by atoms with Crippen LogP contribution in [0.15, 0.2) is 104 Å². The van der Waals surface area contributed by atoms with Crippen molar-refractivity contribution in [2.24, 2.45) is 0 Å². The van der Waals surface area contributed by atoms with E-state index in [-0.39, 0.29) is 0 Å². The molecule has 8 rings (SSSR count). The molecule has 5 aromatic rings. The first-order valence-corrected chi connectivity index (χ1v) is 15.8. The number of fused-ring (bicyclic) bond motifs is 6. The molecule has 1 aromatic heterocycles. The highest BCUT2D eigenvalue weighted by Crippen LogP contribution is 2.49. The predicted octanol–water partition coefficient (Wildman–Crippen LogP) is 11.8. The lowest BCUT2D eigenvalue weighted by Crippen LogP contribution is -2.06. The van der Waals surface area contributed by atoms with Gasteiger partial charge in [-0.3, -0.25) is 0 Å². The summed E-state index contributed by atoms with van der Waals surface area (Å²) in [4.78, 5) is 1.43. The first-order valence-electron chi connectivity index (χ1n) is 15.0. The molecule has 3 aliphatic rings. The summed E-state index contributed by atoms with van der Waals surface area (Å²) in [6.45, 7) is 6.11. The maximum atomic E-state index is 3.78. The molecule has 0 amide bonds. The normalized spacial score (nSPS) is 16.7. The van der Waals surface area contributed by atoms with Crippen LogP contribution in [0.1, 0.15) is 57.5 Å². The summed E-state index contributed by atoms with van der Waals surface area (Å²) in [7, 11) is 0. The van der Waals surface area contributed by atoms with Crippen molar-refractivity contribution in [3.05, 3.63) is 142 Å². The van der Waals surface area contributed by atoms with E-state index in [1.165, 1.54) is 81.4 Å². The Morgan fingerprint density at radius 1 is 0.810 bits per heavy atom. The van der Waals surface area contributed by atoms with Crippen LogP contribution < -0.4 is 0 Å². The van der Waals surface area contributed by atoms with E-state index in [2.05, 4.69) is 117 Å². The highest BCUT2D eigenvalue weighted by molar-refractivity contribution is 7.20. The molecule has 1 unspecified atom stereocenters. The molecule has 0 radical (unpaired) electrons. The quantitative estimate of drug-likeness (QED) is 0.189. The summed E-state index contributed by atoms with van der Waals surface area (Å²) in [5, 5.41) is 4.04. The lowest BCUT2D eigenvalue weighted by atomic mass is 9.78. The van der Waals surface area contributed by atoms with Crippen molar-refractivity contribution in [3.63, 3.8) is 0 Å². The van der Waals surface area contributed by atoms with Crippen LogP contribution >= 0.6 is 11.3 Å². The highest BCUT2D eigenvalue weighted by atomic mass is 32.1. The molecule has 3 aliphatic carbocycles. The van der Waals surface area contributed by atoms with E-state index in [1.807, 2.05) is 29.6 Å². The molecular formula is C41H32S. The van der Waals surface area contributed by atoms with Crippen LogP contribution in [0.25, 0.3) is 67.4 Å². The Kier molecular flexibility index (Phi) is 6.09. The summed E-state index contributed by atoms with van der Waals surface area (Å²) in [6.07, 6.45) is 27.4. The SMILES string of the molecule is C=C/C=C\C=Cc1ccc(-c2c3c(c(-c4ccc5sc6c(c5c4)C(C)C=C6)c4c2CCC=C4)C=CC3)c2ccccc12. The van der Waals surface area contributed by atoms with Gasteiger partial charge in [0.15, 0.2) is 0 Å². The second kappa shape index (κ2) is 10.1. The summed E-state index contributed by atoms with van der Waals surface area (Å²) in [5.74, 6) is 0.481. The fraction of sp³-hybridized carbons (Fsp3) is 0.122. The number of allylic oxidation sites excluding steroid dienone is 7. The van der Waals surface area contributed by atoms with Crippen molar-refractivity contribution in [2.75, 3.05) is 0 Å². The summed E-state index contributed by atoms with van der Waals surface area (Å²) < 4.78 is 1.40. The van der Waals surface area contributed by atoms with E-state index in [9.17, 15) is 0 Å². The fourth-order valence-corrected chi connectivity index (χ4v) is 8.50. The van der Waals surface area contributed by atoms with E-state index >= 15 is 0 Å². The first kappa shape index (κ1) is 25.3. The van der Waals surface area contributed by atoms with Crippen LogP contribution in [0.4, 0.5) is 0 Å². The van der Waals surface area contributed by atoms with Crippen molar-refractivity contribution in [2.45, 2.75) is 32.1 Å². The van der Waals surface area contributed by atoms with Crippen LogP contribution in [0.2, 0.25) is 0 Å². The molecule has 0 nitrogen and oxygen atoms in total. The van der Waals surface area contributed by atoms with Gasteiger partial charge in [0.1, 0.15) is 0 Å². The van der Waals surface area contributed by atoms with Gasteiger partial charge in [-0.25, -0.2) is 0 Å². The average molecular weight is 557 g/mol. The molecule has 0 fully saturated rings. The van der Waals surface area contributed by atoms with Gasteiger partial charge in [0, 0.05) is 15.5 Å². The number of hydrogen-bond donors (Lipinski definition) is 0. The third kappa shape index (κ3) is 3.88. The van der Waals surface area contributed by atoms with Crippen LogP contribution in [-0.4, -0.2) is 0 Å². The number of rotatable bonds is 5. The molecule has 1 heteroatoms. The first-order chi connectivity index (χ1) is 20.7. The van der Waals surface area contributed by atoms with Crippen molar-refractivity contribution in [3.8, 4) is 22.3 Å². The second-order valence-corrected chi connectivity index (χ2v) is 12.6. The van der Waals surface area contributed by atoms with Gasteiger partial charge >= 0.3 is 0 Å². The van der Waals surface area contributed by atoms with E-state index in [1.54, 1.807) is 0 Å². The lowest BCUT2D eigenvalue weighted by Gasteiger charge is -2.26. The summed E-state index contributed by atoms with van der Waals surface area (Å²) >= 11 is 1.93. The zero-order chi connectivity index (χ0) is 28.2. The second-order valence-electron chi connectivity index (χ2n) is 11.5. The van der Waals surface area contributed by atoms with Crippen molar-refractivity contribution in [1.82, 2.24) is 0 Å². The minimum atomic E-state index is 0.481. The van der Waals surface area contributed by atoms with E-state index in [4.69, 9.17) is 0 Å². The zero-order valence-electron chi connectivity index (χ0n) is 23.9. The Labute approximate surface area is 252 Å². The van der Waals surface area contributed by atoms with Crippen molar-refractivity contribution >= 4 is 56.5 Å². The maximum absolute atomic E-state index is 3.78. The van der Waals surface area contributed by atoms with Gasteiger partial charge in [-0.1, -0.05) is 117 Å². The predicted molar refractivity (Wildman–Crippen MR) is 186 cm³/mol. The Morgan fingerprint density at radius 3 is 2.57 bits per heavy atom. The summed E-state index contributed by atoms with van der Waals surface area (Å²) in [6, 6.07) is 20.8. The summed E-state index contributed by atoms with van der Waals surface area (Å²) in [5.41, 5.74) is 14.1. The monoisotopic (exact) mass is 556 g/mol. The van der Waals surface area contributed by atoms with Crippen LogP contribution in [0.3, 0.4) is 0 Å². The molecule has 0 bridgehead atoms. The number of thiophene rings is 1. The van der Waals surface area contributed by atoms with Gasteiger partial charge in [0.2, 0.25) is 0 Å². The molecule has 0 spiro atoms.